The Labute approximate surface area is 80.1 Å². The molecule has 1 heterocycles. The summed E-state index contributed by atoms with van der Waals surface area (Å²) in [6.07, 6.45) is 0.171. The standard InChI is InChI=1S/C10H19NO2/c1-8(12)11-5-6-13-9(7-11)10(2,3)4/h9H,5-7H2,1-4H3. The van der Waals surface area contributed by atoms with Crippen molar-refractivity contribution in [2.45, 2.75) is 33.8 Å². The van der Waals surface area contributed by atoms with Gasteiger partial charge in [-0.1, -0.05) is 20.8 Å². The Bertz CT molecular complexity index is 196. The van der Waals surface area contributed by atoms with Crippen LogP contribution in [0.3, 0.4) is 0 Å². The highest BCUT2D eigenvalue weighted by Gasteiger charge is 2.31. The van der Waals surface area contributed by atoms with Crippen molar-refractivity contribution in [2.75, 3.05) is 19.7 Å². The summed E-state index contributed by atoms with van der Waals surface area (Å²) in [5.41, 5.74) is 0.119. The van der Waals surface area contributed by atoms with E-state index in [2.05, 4.69) is 20.8 Å². The maximum atomic E-state index is 11.1. The van der Waals surface area contributed by atoms with Crippen molar-refractivity contribution in [1.29, 1.82) is 0 Å². The van der Waals surface area contributed by atoms with Gasteiger partial charge in [-0.2, -0.15) is 0 Å². The van der Waals surface area contributed by atoms with Gasteiger partial charge in [0, 0.05) is 20.0 Å². The van der Waals surface area contributed by atoms with E-state index in [1.54, 1.807) is 6.92 Å². The molecule has 1 fully saturated rings. The second-order valence-corrected chi connectivity index (χ2v) is 4.69. The molecule has 1 aliphatic heterocycles. The normalized spacial score (nSPS) is 24.6. The van der Waals surface area contributed by atoms with E-state index in [9.17, 15) is 4.79 Å². The Morgan fingerprint density at radius 2 is 2.08 bits per heavy atom. The number of ether oxygens (including phenoxy) is 1. The van der Waals surface area contributed by atoms with E-state index in [1.165, 1.54) is 0 Å². The highest BCUT2D eigenvalue weighted by atomic mass is 16.5. The molecule has 76 valence electrons. The predicted molar refractivity (Wildman–Crippen MR) is 51.4 cm³/mol. The largest absolute Gasteiger partial charge is 0.374 e. The average Bonchev–Trinajstić information content (AvgIpc) is 2.03. The third-order valence-corrected chi connectivity index (χ3v) is 2.48. The van der Waals surface area contributed by atoms with Crippen LogP contribution in [0.5, 0.6) is 0 Å². The van der Waals surface area contributed by atoms with Crippen LogP contribution in [0.15, 0.2) is 0 Å². The number of hydrogen-bond acceptors (Lipinski definition) is 2. The van der Waals surface area contributed by atoms with E-state index in [4.69, 9.17) is 4.74 Å². The van der Waals surface area contributed by atoms with Gasteiger partial charge in [-0.05, 0) is 5.41 Å². The number of rotatable bonds is 0. The Balaban J connectivity index is 2.57. The van der Waals surface area contributed by atoms with Gasteiger partial charge in [0.2, 0.25) is 5.91 Å². The molecule has 1 rings (SSSR count). The van der Waals surface area contributed by atoms with Crippen molar-refractivity contribution in [3.8, 4) is 0 Å². The van der Waals surface area contributed by atoms with Gasteiger partial charge in [0.1, 0.15) is 0 Å². The molecule has 0 saturated carbocycles. The van der Waals surface area contributed by atoms with Gasteiger partial charge in [-0.25, -0.2) is 0 Å². The van der Waals surface area contributed by atoms with Crippen LogP contribution < -0.4 is 0 Å². The number of morpholine rings is 1. The molecule has 13 heavy (non-hydrogen) atoms. The highest BCUT2D eigenvalue weighted by molar-refractivity contribution is 5.73. The molecular formula is C10H19NO2. The molecule has 1 aliphatic rings. The lowest BCUT2D eigenvalue weighted by Crippen LogP contribution is -2.49. The van der Waals surface area contributed by atoms with Crippen LogP contribution in [0.2, 0.25) is 0 Å². The van der Waals surface area contributed by atoms with Crippen LogP contribution in [-0.2, 0) is 9.53 Å². The van der Waals surface area contributed by atoms with Crippen molar-refractivity contribution in [2.24, 2.45) is 5.41 Å². The summed E-state index contributed by atoms with van der Waals surface area (Å²) < 4.78 is 5.63. The molecule has 1 saturated heterocycles. The maximum absolute atomic E-state index is 11.1. The molecule has 0 bridgehead atoms. The summed E-state index contributed by atoms with van der Waals surface area (Å²) in [7, 11) is 0. The number of carbonyl (C=O) groups is 1. The number of hydrogen-bond donors (Lipinski definition) is 0. The van der Waals surface area contributed by atoms with Crippen LogP contribution >= 0.6 is 0 Å². The fourth-order valence-corrected chi connectivity index (χ4v) is 1.46. The van der Waals surface area contributed by atoms with Crippen LogP contribution in [0, 0.1) is 5.41 Å². The number of nitrogens with zero attached hydrogens (tertiary/aromatic N) is 1. The quantitative estimate of drug-likeness (QED) is 0.569. The molecule has 0 aromatic rings. The first-order valence-electron chi connectivity index (χ1n) is 4.78. The first-order valence-corrected chi connectivity index (χ1v) is 4.78. The molecule has 3 heteroatoms. The number of carbonyl (C=O) groups excluding carboxylic acids is 1. The van der Waals surface area contributed by atoms with Gasteiger partial charge in [0.25, 0.3) is 0 Å². The third kappa shape index (κ3) is 2.69. The lowest BCUT2D eigenvalue weighted by Gasteiger charge is -2.39. The zero-order valence-electron chi connectivity index (χ0n) is 8.96. The van der Waals surface area contributed by atoms with E-state index in [1.807, 2.05) is 4.90 Å². The molecule has 0 N–H and O–H groups in total. The predicted octanol–water partition coefficient (Wildman–Crippen LogP) is 1.28. The van der Waals surface area contributed by atoms with Gasteiger partial charge in [-0.3, -0.25) is 4.79 Å². The zero-order valence-corrected chi connectivity index (χ0v) is 8.96. The van der Waals surface area contributed by atoms with Crippen molar-refractivity contribution >= 4 is 5.91 Å². The SMILES string of the molecule is CC(=O)N1CCOC(C(C)(C)C)C1. The Morgan fingerprint density at radius 1 is 1.46 bits per heavy atom. The molecule has 0 aromatic heterocycles. The molecule has 0 aliphatic carbocycles. The van der Waals surface area contributed by atoms with Crippen LogP contribution in [0.25, 0.3) is 0 Å². The minimum Gasteiger partial charge on any atom is -0.374 e. The Morgan fingerprint density at radius 3 is 2.54 bits per heavy atom. The summed E-state index contributed by atoms with van der Waals surface area (Å²) in [5.74, 6) is 0.151. The van der Waals surface area contributed by atoms with Crippen LogP contribution in [0.4, 0.5) is 0 Å². The summed E-state index contributed by atoms with van der Waals surface area (Å²) in [5, 5.41) is 0. The molecular weight excluding hydrogens is 166 g/mol. The smallest absolute Gasteiger partial charge is 0.219 e. The fourth-order valence-electron chi connectivity index (χ4n) is 1.46. The van der Waals surface area contributed by atoms with Gasteiger partial charge in [0.15, 0.2) is 0 Å². The van der Waals surface area contributed by atoms with Crippen LogP contribution in [0.1, 0.15) is 27.7 Å². The third-order valence-electron chi connectivity index (χ3n) is 2.48. The maximum Gasteiger partial charge on any atom is 0.219 e. The number of amides is 1. The lowest BCUT2D eigenvalue weighted by atomic mass is 9.88. The Hall–Kier alpha value is -0.570. The molecule has 1 atom stereocenters. The van der Waals surface area contributed by atoms with Crippen LogP contribution in [-0.4, -0.2) is 36.6 Å². The topological polar surface area (TPSA) is 29.5 Å². The second-order valence-electron chi connectivity index (χ2n) is 4.69. The highest BCUT2D eigenvalue weighted by Crippen LogP contribution is 2.25. The molecule has 3 nitrogen and oxygen atoms in total. The van der Waals surface area contributed by atoms with E-state index >= 15 is 0 Å². The zero-order chi connectivity index (χ0) is 10.1. The van der Waals surface area contributed by atoms with Gasteiger partial charge >= 0.3 is 0 Å². The Kier molecular flexibility index (Phi) is 2.96. The lowest BCUT2D eigenvalue weighted by molar-refractivity contribution is -0.141. The second kappa shape index (κ2) is 3.66. The molecule has 1 amide bonds. The first kappa shape index (κ1) is 10.5. The summed E-state index contributed by atoms with van der Waals surface area (Å²) in [6.45, 7) is 10.2. The fraction of sp³-hybridized carbons (Fsp3) is 0.900. The monoisotopic (exact) mass is 185 g/mol. The molecule has 0 radical (unpaired) electrons. The van der Waals surface area contributed by atoms with Gasteiger partial charge in [0.05, 0.1) is 12.7 Å². The van der Waals surface area contributed by atoms with E-state index in [-0.39, 0.29) is 17.4 Å². The van der Waals surface area contributed by atoms with E-state index in [0.717, 1.165) is 13.1 Å². The first-order chi connectivity index (χ1) is 5.91. The average molecular weight is 185 g/mol. The molecule has 0 spiro atoms. The van der Waals surface area contributed by atoms with E-state index in [0.29, 0.717) is 6.61 Å². The molecule has 0 aromatic carbocycles. The summed E-state index contributed by atoms with van der Waals surface area (Å²) in [6, 6.07) is 0. The van der Waals surface area contributed by atoms with Gasteiger partial charge in [-0.15, -0.1) is 0 Å². The minimum atomic E-state index is 0.119. The van der Waals surface area contributed by atoms with Crippen molar-refractivity contribution in [1.82, 2.24) is 4.90 Å². The minimum absolute atomic E-state index is 0.119. The summed E-state index contributed by atoms with van der Waals surface area (Å²) >= 11 is 0. The summed E-state index contributed by atoms with van der Waals surface area (Å²) in [4.78, 5) is 13.0. The molecule has 1 unspecified atom stereocenters. The van der Waals surface area contributed by atoms with Crippen molar-refractivity contribution in [3.05, 3.63) is 0 Å². The van der Waals surface area contributed by atoms with Gasteiger partial charge < -0.3 is 9.64 Å². The van der Waals surface area contributed by atoms with E-state index < -0.39 is 0 Å². The van der Waals surface area contributed by atoms with Crippen molar-refractivity contribution < 1.29 is 9.53 Å². The van der Waals surface area contributed by atoms with Crippen molar-refractivity contribution in [3.63, 3.8) is 0 Å².